The predicted octanol–water partition coefficient (Wildman–Crippen LogP) is 1.96. The van der Waals surface area contributed by atoms with Crippen molar-refractivity contribution in [2.24, 2.45) is 0 Å². The monoisotopic (exact) mass is 193 g/mol. The van der Waals surface area contributed by atoms with Gasteiger partial charge in [0.05, 0.1) is 0 Å². The van der Waals surface area contributed by atoms with Crippen molar-refractivity contribution < 1.29 is 0 Å². The Morgan fingerprint density at radius 3 is 2.09 bits per heavy atom. The van der Waals surface area contributed by atoms with Crippen LogP contribution in [0.4, 0.5) is 0 Å². The van der Waals surface area contributed by atoms with Crippen LogP contribution in [-0.2, 0) is 0 Å². The van der Waals surface area contributed by atoms with Crippen molar-refractivity contribution in [3.63, 3.8) is 0 Å². The molecule has 0 aromatic heterocycles. The van der Waals surface area contributed by atoms with Crippen LogP contribution in [-0.4, -0.2) is 29.3 Å². The molecular formula is C8H16ClNS. The molecule has 1 nitrogen and oxygen atoms in total. The summed E-state index contributed by atoms with van der Waals surface area (Å²) in [6.07, 6.45) is 5.46. The van der Waals surface area contributed by atoms with Gasteiger partial charge in [-0.3, -0.25) is 0 Å². The van der Waals surface area contributed by atoms with Gasteiger partial charge in [-0.15, -0.1) is 12.4 Å². The second kappa shape index (κ2) is 3.55. The number of rotatable bonds is 0. The maximum atomic E-state index is 4.53. The lowest BCUT2D eigenvalue weighted by molar-refractivity contribution is 0.183. The lowest BCUT2D eigenvalue weighted by Crippen LogP contribution is -2.40. The van der Waals surface area contributed by atoms with Crippen LogP contribution in [0.15, 0.2) is 0 Å². The van der Waals surface area contributed by atoms with E-state index in [2.05, 4.69) is 24.6 Å². The zero-order valence-corrected chi connectivity index (χ0v) is 8.57. The van der Waals surface area contributed by atoms with E-state index in [1.54, 1.807) is 0 Å². The third-order valence-corrected chi connectivity index (χ3v) is 3.49. The highest BCUT2D eigenvalue weighted by Gasteiger charge is 2.36. The van der Waals surface area contributed by atoms with Crippen molar-refractivity contribution >= 4 is 25.0 Å². The Morgan fingerprint density at radius 1 is 1.18 bits per heavy atom. The molecular weight excluding hydrogens is 178 g/mol. The van der Waals surface area contributed by atoms with E-state index in [9.17, 15) is 0 Å². The zero-order chi connectivity index (χ0) is 7.14. The molecule has 0 aromatic rings. The Kier molecular flexibility index (Phi) is 3.12. The minimum Gasteiger partial charge on any atom is -0.300 e. The highest BCUT2D eigenvalue weighted by molar-refractivity contribution is 7.80. The molecule has 2 unspecified atom stereocenters. The molecule has 2 aliphatic rings. The number of hydrogen-bond acceptors (Lipinski definition) is 2. The fourth-order valence-corrected chi connectivity index (χ4v) is 2.87. The van der Waals surface area contributed by atoms with Gasteiger partial charge in [0.1, 0.15) is 0 Å². The summed E-state index contributed by atoms with van der Waals surface area (Å²) in [5.74, 6) is 0. The van der Waals surface area contributed by atoms with Crippen LogP contribution < -0.4 is 0 Å². The van der Waals surface area contributed by atoms with Crippen LogP contribution in [0.2, 0.25) is 0 Å². The van der Waals surface area contributed by atoms with Crippen molar-refractivity contribution in [3.8, 4) is 0 Å². The topological polar surface area (TPSA) is 3.24 Å². The van der Waals surface area contributed by atoms with Gasteiger partial charge >= 0.3 is 0 Å². The summed E-state index contributed by atoms with van der Waals surface area (Å²) in [4.78, 5) is 2.55. The van der Waals surface area contributed by atoms with Crippen molar-refractivity contribution in [2.45, 2.75) is 43.0 Å². The van der Waals surface area contributed by atoms with Crippen molar-refractivity contribution in [1.29, 1.82) is 0 Å². The standard InChI is InChI=1S/C8H15NS.ClH/c1-9-6-2-3-7(9)5-8(10)4-6;/h6-8,10H,2-5H2,1H3;1H/t6-,7?,8?;/m0./s1. The van der Waals surface area contributed by atoms with Gasteiger partial charge in [-0.1, -0.05) is 0 Å². The van der Waals surface area contributed by atoms with Gasteiger partial charge in [-0.2, -0.15) is 12.6 Å². The van der Waals surface area contributed by atoms with Crippen LogP contribution in [0.3, 0.4) is 0 Å². The Bertz CT molecular complexity index is 128. The third kappa shape index (κ3) is 1.68. The maximum Gasteiger partial charge on any atom is 0.0106 e. The first-order valence-electron chi connectivity index (χ1n) is 4.17. The number of thiol groups is 1. The SMILES string of the molecule is CN1C2CC[C@H]1CC(S)C2.Cl. The molecule has 2 rings (SSSR count). The first-order chi connectivity index (χ1) is 4.77. The summed E-state index contributed by atoms with van der Waals surface area (Å²) in [7, 11) is 2.27. The van der Waals surface area contributed by atoms with Crippen LogP contribution >= 0.6 is 25.0 Å². The molecule has 2 saturated heterocycles. The molecule has 0 amide bonds. The summed E-state index contributed by atoms with van der Waals surface area (Å²) >= 11 is 4.53. The molecule has 3 heteroatoms. The predicted molar refractivity (Wildman–Crippen MR) is 53.8 cm³/mol. The molecule has 2 fully saturated rings. The number of fused-ring (bicyclic) bond motifs is 2. The first kappa shape index (κ1) is 9.69. The minimum absolute atomic E-state index is 0. The normalized spacial score (nSPS) is 43.6. The summed E-state index contributed by atoms with van der Waals surface area (Å²) in [5, 5.41) is 0.689. The van der Waals surface area contributed by atoms with E-state index >= 15 is 0 Å². The van der Waals surface area contributed by atoms with Gasteiger partial charge in [-0.25, -0.2) is 0 Å². The Morgan fingerprint density at radius 2 is 1.64 bits per heavy atom. The van der Waals surface area contributed by atoms with Crippen LogP contribution in [0.1, 0.15) is 25.7 Å². The van der Waals surface area contributed by atoms with E-state index < -0.39 is 0 Å². The quantitative estimate of drug-likeness (QED) is 0.576. The first-order valence-corrected chi connectivity index (χ1v) is 4.69. The van der Waals surface area contributed by atoms with E-state index in [0.29, 0.717) is 5.25 Å². The molecule has 0 aliphatic carbocycles. The second-order valence-electron chi connectivity index (χ2n) is 3.68. The zero-order valence-electron chi connectivity index (χ0n) is 6.86. The molecule has 3 atom stereocenters. The minimum atomic E-state index is 0. The van der Waals surface area contributed by atoms with E-state index in [0.717, 1.165) is 12.1 Å². The lowest BCUT2D eigenvalue weighted by Gasteiger charge is -2.34. The summed E-state index contributed by atoms with van der Waals surface area (Å²) in [5.41, 5.74) is 0. The molecule has 0 radical (unpaired) electrons. The molecule has 2 heterocycles. The highest BCUT2D eigenvalue weighted by Crippen LogP contribution is 2.35. The number of nitrogens with zero attached hydrogens (tertiary/aromatic N) is 1. The van der Waals surface area contributed by atoms with Crippen LogP contribution in [0, 0.1) is 0 Å². The maximum absolute atomic E-state index is 4.53. The van der Waals surface area contributed by atoms with Gasteiger partial charge in [0.2, 0.25) is 0 Å². The third-order valence-electron chi connectivity index (χ3n) is 3.07. The van der Waals surface area contributed by atoms with Crippen molar-refractivity contribution in [2.75, 3.05) is 7.05 Å². The highest BCUT2D eigenvalue weighted by atomic mass is 35.5. The van der Waals surface area contributed by atoms with Gasteiger partial charge < -0.3 is 4.90 Å². The van der Waals surface area contributed by atoms with Gasteiger partial charge in [0, 0.05) is 17.3 Å². The van der Waals surface area contributed by atoms with Gasteiger partial charge in [0.25, 0.3) is 0 Å². The van der Waals surface area contributed by atoms with E-state index in [1.165, 1.54) is 25.7 Å². The van der Waals surface area contributed by atoms with E-state index in [-0.39, 0.29) is 12.4 Å². The number of hydrogen-bond donors (Lipinski definition) is 1. The van der Waals surface area contributed by atoms with Crippen LogP contribution in [0.25, 0.3) is 0 Å². The van der Waals surface area contributed by atoms with Gasteiger partial charge in [0.15, 0.2) is 0 Å². The lowest BCUT2D eigenvalue weighted by atomic mass is 10.0. The molecule has 2 aliphatic heterocycles. The molecule has 0 N–H and O–H groups in total. The van der Waals surface area contributed by atoms with Crippen LogP contribution in [0.5, 0.6) is 0 Å². The fourth-order valence-electron chi connectivity index (χ4n) is 2.38. The second-order valence-corrected chi connectivity index (χ2v) is 4.41. The average molecular weight is 194 g/mol. The number of halogens is 1. The molecule has 0 saturated carbocycles. The Labute approximate surface area is 80.4 Å². The molecule has 0 aromatic carbocycles. The molecule has 0 spiro atoms. The summed E-state index contributed by atoms with van der Waals surface area (Å²) in [6.45, 7) is 0. The fraction of sp³-hybridized carbons (Fsp3) is 1.00. The van der Waals surface area contributed by atoms with Crippen molar-refractivity contribution in [3.05, 3.63) is 0 Å². The van der Waals surface area contributed by atoms with E-state index in [4.69, 9.17) is 0 Å². The smallest absolute Gasteiger partial charge is 0.0106 e. The number of piperidine rings is 1. The largest absolute Gasteiger partial charge is 0.300 e. The average Bonchev–Trinajstić information content (AvgIpc) is 2.20. The van der Waals surface area contributed by atoms with E-state index in [1.807, 2.05) is 0 Å². The molecule has 66 valence electrons. The molecule has 11 heavy (non-hydrogen) atoms. The summed E-state index contributed by atoms with van der Waals surface area (Å²) in [6, 6.07) is 1.72. The van der Waals surface area contributed by atoms with Crippen molar-refractivity contribution in [1.82, 2.24) is 4.90 Å². The molecule has 2 bridgehead atoms. The summed E-state index contributed by atoms with van der Waals surface area (Å²) < 4.78 is 0. The van der Waals surface area contributed by atoms with Gasteiger partial charge in [-0.05, 0) is 32.7 Å². The Balaban J connectivity index is 0.000000605. The Hall–Kier alpha value is 0.600.